The van der Waals surface area contributed by atoms with Gasteiger partial charge in [-0.3, -0.25) is 4.55 Å². The second-order valence-electron chi connectivity index (χ2n) is 3.82. The predicted octanol–water partition coefficient (Wildman–Crippen LogP) is -0.978. The molecule has 1 aromatic heterocycles. The zero-order valence-electron chi connectivity index (χ0n) is 10.8. The van der Waals surface area contributed by atoms with Crippen LogP contribution in [0.15, 0.2) is 10.5 Å². The maximum absolute atomic E-state index is 11.9. The number of hydrogen-bond donors (Lipinski definition) is 1. The van der Waals surface area contributed by atoms with E-state index in [2.05, 4.69) is 6.07 Å². The molecule has 0 saturated carbocycles. The van der Waals surface area contributed by atoms with Gasteiger partial charge in [0.05, 0.1) is 0 Å². The average molecular weight is 282 g/mol. The van der Waals surface area contributed by atoms with Gasteiger partial charge in [0.2, 0.25) is 0 Å². The summed E-state index contributed by atoms with van der Waals surface area (Å²) in [5.74, 6) is -0.399. The zero-order chi connectivity index (χ0) is 13.1. The predicted molar refractivity (Wildman–Crippen MR) is 61.5 cm³/mol. The summed E-state index contributed by atoms with van der Waals surface area (Å²) in [5, 5.41) is -1.44. The number of rotatable bonds is 6. The van der Waals surface area contributed by atoms with Crippen LogP contribution in [0.1, 0.15) is 42.5 Å². The van der Waals surface area contributed by atoms with Gasteiger partial charge in [-0.2, -0.15) is 14.5 Å². The van der Waals surface area contributed by atoms with Crippen molar-refractivity contribution in [3.8, 4) is 0 Å². The molecule has 0 bridgehead atoms. The Hall–Kier alpha value is -0.140. The minimum absolute atomic E-state index is 0. The topological polar surface area (TPSA) is 84.6 Å². The van der Waals surface area contributed by atoms with Gasteiger partial charge in [-0.15, -0.1) is 0 Å². The van der Waals surface area contributed by atoms with E-state index in [0.29, 0.717) is 12.2 Å². The first-order chi connectivity index (χ1) is 7.86. The molecule has 18 heavy (non-hydrogen) atoms. The van der Waals surface area contributed by atoms with Crippen molar-refractivity contribution in [2.45, 2.75) is 38.4 Å². The number of furan rings is 1. The number of Topliss-reactive ketones (excluding diaryl/α,β-unsaturated/α-hetero) is 1. The van der Waals surface area contributed by atoms with Crippen molar-refractivity contribution in [2.24, 2.45) is 0 Å². The fourth-order valence-corrected chi connectivity index (χ4v) is 2.33. The van der Waals surface area contributed by atoms with Crippen LogP contribution in [0.25, 0.3) is 0 Å². The molecule has 5 nitrogen and oxygen atoms in total. The third-order valence-electron chi connectivity index (χ3n) is 2.38. The van der Waals surface area contributed by atoms with Gasteiger partial charge in [-0.05, 0) is 19.1 Å². The second-order valence-corrected chi connectivity index (χ2v) is 5.42. The molecule has 0 aliphatic heterocycles. The minimum Gasteiger partial charge on any atom is -0.563 e. The summed E-state index contributed by atoms with van der Waals surface area (Å²) in [6.45, 7) is 3.47. The SMILES string of the molecule is CCCCC(C(=O)c1c[c-]c(C)o1)S(=O)(=O)O.[Na+]. The summed E-state index contributed by atoms with van der Waals surface area (Å²) < 4.78 is 36.3. The Kier molecular flexibility index (Phi) is 7.39. The molecule has 1 aromatic rings. The van der Waals surface area contributed by atoms with Gasteiger partial charge in [-0.25, -0.2) is 6.07 Å². The molecule has 0 radical (unpaired) electrons. The van der Waals surface area contributed by atoms with Crippen LogP contribution in [-0.4, -0.2) is 24.0 Å². The molecule has 96 valence electrons. The Labute approximate surface area is 129 Å². The van der Waals surface area contributed by atoms with Crippen LogP contribution in [0.5, 0.6) is 0 Å². The summed E-state index contributed by atoms with van der Waals surface area (Å²) in [7, 11) is -4.40. The van der Waals surface area contributed by atoms with Crippen LogP contribution in [0.4, 0.5) is 0 Å². The van der Waals surface area contributed by atoms with Gasteiger partial charge < -0.3 is 9.21 Å². The largest absolute Gasteiger partial charge is 1.00 e. The zero-order valence-corrected chi connectivity index (χ0v) is 13.6. The van der Waals surface area contributed by atoms with Crippen molar-refractivity contribution in [3.63, 3.8) is 0 Å². The monoisotopic (exact) mass is 282 g/mol. The van der Waals surface area contributed by atoms with E-state index in [4.69, 9.17) is 8.97 Å². The summed E-state index contributed by atoms with van der Waals surface area (Å²) in [6, 6.07) is 3.94. The van der Waals surface area contributed by atoms with Crippen LogP contribution in [0, 0.1) is 13.0 Å². The van der Waals surface area contributed by atoms with Crippen LogP contribution >= 0.6 is 0 Å². The van der Waals surface area contributed by atoms with Gasteiger partial charge >= 0.3 is 29.6 Å². The van der Waals surface area contributed by atoms with E-state index in [1.165, 1.54) is 6.07 Å². The number of unbranched alkanes of at least 4 members (excludes halogenated alkanes) is 1. The third-order valence-corrected chi connectivity index (χ3v) is 3.55. The van der Waals surface area contributed by atoms with E-state index < -0.39 is 21.2 Å². The molecule has 0 aliphatic carbocycles. The average Bonchev–Trinajstić information content (AvgIpc) is 2.63. The summed E-state index contributed by atoms with van der Waals surface area (Å²) in [5.41, 5.74) is 0. The molecule has 0 aliphatic rings. The van der Waals surface area contributed by atoms with Gasteiger partial charge in [-0.1, -0.05) is 19.8 Å². The smallest absolute Gasteiger partial charge is 0.563 e. The van der Waals surface area contributed by atoms with Crippen molar-refractivity contribution < 1.29 is 51.7 Å². The second kappa shape index (κ2) is 7.45. The summed E-state index contributed by atoms with van der Waals surface area (Å²) >= 11 is 0. The molecule has 0 saturated heterocycles. The van der Waals surface area contributed by atoms with Gasteiger partial charge in [0.15, 0.2) is 0 Å². The molecule has 1 N–H and O–H groups in total. The molecule has 1 rings (SSSR count). The van der Waals surface area contributed by atoms with E-state index in [1.807, 2.05) is 6.92 Å². The van der Waals surface area contributed by atoms with Crippen LogP contribution < -0.4 is 29.6 Å². The van der Waals surface area contributed by atoms with E-state index in [0.717, 1.165) is 6.42 Å². The van der Waals surface area contributed by atoms with Crippen molar-refractivity contribution in [1.29, 1.82) is 0 Å². The summed E-state index contributed by atoms with van der Waals surface area (Å²) in [6.07, 6.45) is 1.37. The Balaban J connectivity index is 0.00000289. The molecule has 0 amide bonds. The maximum atomic E-state index is 11.9. The van der Waals surface area contributed by atoms with Crippen molar-refractivity contribution in [1.82, 2.24) is 0 Å². The molecular weight excluding hydrogens is 267 g/mol. The molecule has 1 unspecified atom stereocenters. The Morgan fingerprint density at radius 2 is 2.17 bits per heavy atom. The molecule has 7 heteroatoms. The van der Waals surface area contributed by atoms with Crippen molar-refractivity contribution in [3.05, 3.63) is 23.7 Å². The quantitative estimate of drug-likeness (QED) is 0.314. The van der Waals surface area contributed by atoms with Gasteiger partial charge in [0, 0.05) is 5.76 Å². The standard InChI is InChI=1S/C11H15O5S.Na/c1-3-4-5-10(17(13,14)15)11(12)9-7-6-8(2)16-9;/h7,10H,3-5H2,1-2H3,(H,13,14,15);/q-1;+1. The van der Waals surface area contributed by atoms with Crippen molar-refractivity contribution in [2.75, 3.05) is 0 Å². The molecular formula is C11H15NaO5S. The van der Waals surface area contributed by atoms with E-state index in [-0.39, 0.29) is 41.7 Å². The molecule has 1 heterocycles. The van der Waals surface area contributed by atoms with Gasteiger partial charge in [0.25, 0.3) is 10.1 Å². The van der Waals surface area contributed by atoms with Gasteiger partial charge in [0.1, 0.15) is 11.0 Å². The van der Waals surface area contributed by atoms with E-state index >= 15 is 0 Å². The molecule has 0 fully saturated rings. The number of aryl methyl sites for hydroxylation is 1. The Morgan fingerprint density at radius 3 is 2.56 bits per heavy atom. The first-order valence-electron chi connectivity index (χ1n) is 5.35. The Morgan fingerprint density at radius 1 is 1.56 bits per heavy atom. The third kappa shape index (κ3) is 4.85. The fourth-order valence-electron chi connectivity index (χ4n) is 1.48. The van der Waals surface area contributed by atoms with Crippen molar-refractivity contribution >= 4 is 15.9 Å². The normalized spacial score (nSPS) is 12.8. The van der Waals surface area contributed by atoms with Crippen LogP contribution in [0.2, 0.25) is 0 Å². The van der Waals surface area contributed by atoms with E-state index in [1.54, 1.807) is 6.92 Å². The van der Waals surface area contributed by atoms with Crippen LogP contribution in [-0.2, 0) is 10.1 Å². The molecule has 1 atom stereocenters. The first kappa shape index (κ1) is 17.9. The number of ketones is 1. The summed E-state index contributed by atoms with van der Waals surface area (Å²) in [4.78, 5) is 11.9. The minimum atomic E-state index is -4.40. The van der Waals surface area contributed by atoms with Crippen LogP contribution in [0.3, 0.4) is 0 Å². The number of hydrogen-bond acceptors (Lipinski definition) is 4. The number of carbonyl (C=O) groups is 1. The molecule has 0 aromatic carbocycles. The molecule has 0 spiro atoms. The van der Waals surface area contributed by atoms with E-state index in [9.17, 15) is 13.2 Å². The maximum Gasteiger partial charge on any atom is 1.00 e. The Bertz CT molecular complexity index is 491. The first-order valence-corrected chi connectivity index (χ1v) is 6.85. The fraction of sp³-hybridized carbons (Fsp3) is 0.545. The number of carbonyl (C=O) groups excluding carboxylic acids is 1.